The van der Waals surface area contributed by atoms with Crippen LogP contribution in [0.3, 0.4) is 0 Å². The number of Topliss-reactive ketones (excluding diaryl/α,β-unsaturated/α-hetero) is 1. The third kappa shape index (κ3) is 22.3. The summed E-state index contributed by atoms with van der Waals surface area (Å²) in [5, 5.41) is -1.18. The summed E-state index contributed by atoms with van der Waals surface area (Å²) in [6, 6.07) is 0. The number of hydrogen-bond donors (Lipinski definition) is 0. The Kier molecular flexibility index (Phi) is 27.9. The Morgan fingerprint density at radius 3 is 1.61 bits per heavy atom. The molecule has 234 valence electrons. The second-order valence-electron chi connectivity index (χ2n) is 10.0. The molecule has 3 unspecified atom stereocenters. The summed E-state index contributed by atoms with van der Waals surface area (Å²) in [5.74, 6) is -2.24. The average molecular weight is 619 g/mol. The normalized spacial score (nSPS) is 16.9. The van der Waals surface area contributed by atoms with Crippen LogP contribution in [-0.4, -0.2) is 65.6 Å². The van der Waals surface area contributed by atoms with Crippen molar-refractivity contribution in [1.82, 2.24) is 0 Å². The molecule has 1 saturated carbocycles. The minimum atomic E-state index is -1.18. The molecule has 0 aromatic rings. The molecule has 0 bridgehead atoms. The Labute approximate surface area is 273 Å². The molecule has 0 saturated heterocycles. The zero-order valence-corrected chi connectivity index (χ0v) is 28.4. The van der Waals surface area contributed by atoms with E-state index in [-0.39, 0.29) is 56.4 Å². The first-order valence-electron chi connectivity index (χ1n) is 12.3. The van der Waals surface area contributed by atoms with Gasteiger partial charge in [-0.2, -0.15) is 9.59 Å². The number of ether oxygens (including phenoxy) is 4. The Morgan fingerprint density at radius 1 is 0.951 bits per heavy atom. The molecule has 0 N–H and O–H groups in total. The number of carbonyl (C=O) groups excluding carboxylic acids is 7. The molecule has 41 heavy (non-hydrogen) atoms. The molecule has 13 heteroatoms. The summed E-state index contributed by atoms with van der Waals surface area (Å²) < 4.78 is 19.6. The minimum Gasteiger partial charge on any atom is -1.00 e. The molecule has 1 rings (SSSR count). The van der Waals surface area contributed by atoms with Crippen molar-refractivity contribution in [3.05, 3.63) is 12.7 Å². The van der Waals surface area contributed by atoms with Gasteiger partial charge in [0.2, 0.25) is 0 Å². The van der Waals surface area contributed by atoms with Crippen LogP contribution < -0.4 is 29.6 Å². The number of halogens is 1. The molecule has 1 aliphatic rings. The fourth-order valence-corrected chi connectivity index (χ4v) is 2.80. The van der Waals surface area contributed by atoms with Crippen molar-refractivity contribution in [2.24, 2.45) is 11.3 Å². The van der Waals surface area contributed by atoms with E-state index in [1.54, 1.807) is 55.4 Å². The molecule has 0 aromatic heterocycles. The van der Waals surface area contributed by atoms with Gasteiger partial charge >= 0.3 is 59.6 Å². The number of carbonyl (C=O) groups is 5. The molecule has 11 nitrogen and oxygen atoms in total. The largest absolute Gasteiger partial charge is 1.00 e. The van der Waals surface area contributed by atoms with Crippen molar-refractivity contribution in [1.29, 1.82) is 0 Å². The molecule has 3 atom stereocenters. The van der Waals surface area contributed by atoms with Gasteiger partial charge < -0.3 is 20.4 Å². The second-order valence-corrected chi connectivity index (χ2v) is 10.5. The smallest absolute Gasteiger partial charge is 1.00 e. The van der Waals surface area contributed by atoms with Gasteiger partial charge in [0.25, 0.3) is 0 Å². The summed E-state index contributed by atoms with van der Waals surface area (Å²) in [6.07, 6.45) is 2.73. The number of hydrogen-bond acceptors (Lipinski definition) is 11. The van der Waals surface area contributed by atoms with E-state index in [4.69, 9.17) is 35.4 Å². The van der Waals surface area contributed by atoms with E-state index in [1.165, 1.54) is 6.92 Å². The molecule has 0 aromatic carbocycles. The van der Waals surface area contributed by atoms with Crippen LogP contribution in [-0.2, 0) is 52.5 Å². The summed E-state index contributed by atoms with van der Waals surface area (Å²) in [7, 11) is 0. The summed E-state index contributed by atoms with van der Waals surface area (Å²) in [5.41, 5.74) is -2.20. The van der Waals surface area contributed by atoms with E-state index in [0.717, 1.165) is 12.5 Å². The third-order valence-corrected chi connectivity index (χ3v) is 4.91. The fourth-order valence-electron chi connectivity index (χ4n) is 2.76. The van der Waals surface area contributed by atoms with Crippen molar-refractivity contribution in [3.8, 4) is 0 Å². The average Bonchev–Trinajstić information content (AvgIpc) is 3.54. The van der Waals surface area contributed by atoms with Gasteiger partial charge in [0, 0.05) is 6.08 Å². The monoisotopic (exact) mass is 618 g/mol. The summed E-state index contributed by atoms with van der Waals surface area (Å²) in [6.45, 7) is 21.2. The Hall–Kier alpha value is -2.04. The van der Waals surface area contributed by atoms with Crippen molar-refractivity contribution in [2.75, 3.05) is 13.2 Å². The maximum Gasteiger partial charge on any atom is 1.00 e. The van der Waals surface area contributed by atoms with Crippen LogP contribution in [0.2, 0.25) is 0 Å². The molecular formula is C28H48ClNaO11. The molecular weight excluding hydrogens is 571 g/mol. The maximum absolute atomic E-state index is 12.1. The van der Waals surface area contributed by atoms with Crippen molar-refractivity contribution < 1.29 is 83.5 Å². The van der Waals surface area contributed by atoms with Gasteiger partial charge in [-0.15, -0.1) is 11.6 Å². The van der Waals surface area contributed by atoms with Crippen LogP contribution >= 0.6 is 11.6 Å². The van der Waals surface area contributed by atoms with Crippen LogP contribution in [0.4, 0.5) is 0 Å². The van der Waals surface area contributed by atoms with Crippen molar-refractivity contribution >= 4 is 47.4 Å². The van der Waals surface area contributed by atoms with Crippen LogP contribution in [0, 0.1) is 11.3 Å². The Morgan fingerprint density at radius 2 is 1.37 bits per heavy atom. The van der Waals surface area contributed by atoms with Gasteiger partial charge in [0.1, 0.15) is 11.2 Å². The number of esters is 4. The van der Waals surface area contributed by atoms with Crippen molar-refractivity contribution in [2.45, 2.75) is 106 Å². The van der Waals surface area contributed by atoms with E-state index in [1.807, 2.05) is 6.92 Å². The van der Waals surface area contributed by atoms with E-state index in [2.05, 4.69) is 11.3 Å². The van der Waals surface area contributed by atoms with Gasteiger partial charge in [-0.1, -0.05) is 27.4 Å². The minimum absolute atomic E-state index is 0. The van der Waals surface area contributed by atoms with Crippen LogP contribution in [0.5, 0.6) is 0 Å². The third-order valence-electron chi connectivity index (χ3n) is 4.42. The fraction of sp³-hybridized carbons (Fsp3) is 0.714. The number of ketones is 1. The molecule has 0 amide bonds. The van der Waals surface area contributed by atoms with Crippen molar-refractivity contribution in [3.63, 3.8) is 0 Å². The molecule has 0 heterocycles. The standard InChI is InChI=1S/C13H22O4.C8H13ClO3.C5H8O2.CO2.CH4.Na.H/c1-6-9-8-13(9,10(14)16-7-2)11(15)17-12(3,4)5;1-5(10)6(9)7(11)12-8(2,3)4;1-3-5(6)7-4-2;2-1-3;;;/h9H,6-8H2,1-5H3;6H,1-4H3;3H,1,4H2,2H3;;1H4;;/q;;;;;+1;-1. The first-order chi connectivity index (χ1) is 17.7. The van der Waals surface area contributed by atoms with Gasteiger partial charge in [-0.05, 0) is 74.7 Å². The van der Waals surface area contributed by atoms with E-state index in [9.17, 15) is 24.0 Å². The zero-order chi connectivity index (χ0) is 31.6. The zero-order valence-electron chi connectivity index (χ0n) is 26.6. The second kappa shape index (κ2) is 23.5. The van der Waals surface area contributed by atoms with Crippen LogP contribution in [0.15, 0.2) is 12.7 Å². The van der Waals surface area contributed by atoms with Crippen LogP contribution in [0.1, 0.15) is 90.9 Å². The Balaban J connectivity index is -0.000000114. The van der Waals surface area contributed by atoms with Gasteiger partial charge in [0.15, 0.2) is 16.6 Å². The van der Waals surface area contributed by atoms with Gasteiger partial charge in [-0.25, -0.2) is 9.59 Å². The topological polar surface area (TPSA) is 156 Å². The van der Waals surface area contributed by atoms with Gasteiger partial charge in [-0.3, -0.25) is 14.4 Å². The predicted octanol–water partition coefficient (Wildman–Crippen LogP) is 1.74. The molecule has 1 aliphatic carbocycles. The molecule has 0 radical (unpaired) electrons. The SMILES string of the molecule is C.C=CC(=O)OCC.CC(=O)C(Cl)C(=O)OC(C)(C)C.CCOC(=O)C1(C(=O)OC(C)(C)C)CC1CC.O=C=O.[H-].[Na+]. The van der Waals surface area contributed by atoms with E-state index < -0.39 is 45.7 Å². The van der Waals surface area contributed by atoms with Crippen LogP contribution in [0.25, 0.3) is 0 Å². The van der Waals surface area contributed by atoms with E-state index >= 15 is 0 Å². The first kappa shape index (κ1) is 48.7. The quantitative estimate of drug-likeness (QED) is 0.0974. The molecule has 1 fully saturated rings. The summed E-state index contributed by atoms with van der Waals surface area (Å²) >= 11 is 5.45. The van der Waals surface area contributed by atoms with E-state index in [0.29, 0.717) is 19.6 Å². The molecule has 0 spiro atoms. The maximum atomic E-state index is 12.1. The molecule has 0 aliphatic heterocycles. The first-order valence-corrected chi connectivity index (χ1v) is 12.7. The summed E-state index contributed by atoms with van der Waals surface area (Å²) in [4.78, 5) is 72.0. The van der Waals surface area contributed by atoms with Gasteiger partial charge in [0.05, 0.1) is 13.2 Å². The Bertz CT molecular complexity index is 876. The number of rotatable bonds is 8. The predicted molar refractivity (Wildman–Crippen MR) is 149 cm³/mol. The number of alkyl halides is 1.